The number of hydrogen-bond acceptors (Lipinski definition) is 4. The summed E-state index contributed by atoms with van der Waals surface area (Å²) in [5.41, 5.74) is 1.42. The molecule has 4 rings (SSSR count). The highest BCUT2D eigenvalue weighted by Gasteiger charge is 2.26. The fourth-order valence-corrected chi connectivity index (χ4v) is 4.31. The van der Waals surface area contributed by atoms with Gasteiger partial charge in [0.05, 0.1) is 17.6 Å². The Morgan fingerprint density at radius 1 is 1.19 bits per heavy atom. The second kappa shape index (κ2) is 8.44. The highest BCUT2D eigenvalue weighted by Crippen LogP contribution is 2.32. The molecule has 2 heterocycles. The van der Waals surface area contributed by atoms with Crippen LogP contribution in [0.25, 0.3) is 16.7 Å². The summed E-state index contributed by atoms with van der Waals surface area (Å²) in [4.78, 5) is 13.0. The van der Waals surface area contributed by atoms with E-state index in [1.54, 1.807) is 33.5 Å². The summed E-state index contributed by atoms with van der Waals surface area (Å²) < 4.78 is 19.0. The summed E-state index contributed by atoms with van der Waals surface area (Å²) in [5.74, 6) is 0.200. The van der Waals surface area contributed by atoms with Crippen LogP contribution in [0.1, 0.15) is 32.4 Å². The molecule has 0 aliphatic carbocycles. The lowest BCUT2D eigenvalue weighted by molar-refractivity contribution is 0.251. The second-order valence-corrected chi connectivity index (χ2v) is 9.22. The van der Waals surface area contributed by atoms with Crippen LogP contribution in [0.3, 0.4) is 0 Å². The van der Waals surface area contributed by atoms with E-state index in [2.05, 4.69) is 37.8 Å². The van der Waals surface area contributed by atoms with Crippen LogP contribution in [0.2, 0.25) is 0 Å². The number of allylic oxidation sites excluding steroid dienone is 1. The minimum Gasteiger partial charge on any atom is -0.291 e. The number of hydrogen-bond donors (Lipinski definition) is 1. The van der Waals surface area contributed by atoms with Gasteiger partial charge in [0.15, 0.2) is 0 Å². The third-order valence-corrected chi connectivity index (χ3v) is 5.90. The quantitative estimate of drug-likeness (QED) is 0.337. The molecule has 1 N–H and O–H groups in total. The van der Waals surface area contributed by atoms with Gasteiger partial charge in [-0.2, -0.15) is 0 Å². The van der Waals surface area contributed by atoms with Crippen LogP contribution in [-0.4, -0.2) is 18.7 Å². The maximum absolute atomic E-state index is 13.4. The number of rotatable bonds is 6. The smallest absolute Gasteiger partial charge is 0.263 e. The van der Waals surface area contributed by atoms with Gasteiger partial charge in [-0.05, 0) is 47.5 Å². The first-order valence-electron chi connectivity index (χ1n) is 10.4. The van der Waals surface area contributed by atoms with Crippen LogP contribution in [-0.2, 0) is 13.2 Å². The molecule has 0 amide bonds. The molecule has 0 spiro atoms. The van der Waals surface area contributed by atoms with Crippen molar-refractivity contribution in [2.75, 3.05) is 0 Å². The van der Waals surface area contributed by atoms with Crippen molar-refractivity contribution in [1.82, 2.24) is 24.1 Å². The molecule has 2 aromatic heterocycles. The van der Waals surface area contributed by atoms with E-state index in [0.29, 0.717) is 29.1 Å². The molecule has 1 unspecified atom stereocenters. The Hall–Kier alpha value is -3.10. The highest BCUT2D eigenvalue weighted by atomic mass is 32.1. The lowest BCUT2D eigenvalue weighted by atomic mass is 9.82. The fraction of sp³-hybridized carbons (Fsp3) is 0.292. The van der Waals surface area contributed by atoms with Crippen LogP contribution in [0.15, 0.2) is 66.0 Å². The van der Waals surface area contributed by atoms with Gasteiger partial charge in [-0.3, -0.25) is 19.1 Å². The van der Waals surface area contributed by atoms with E-state index in [0.717, 1.165) is 11.1 Å². The Bertz CT molecular complexity index is 1410. The van der Waals surface area contributed by atoms with Crippen molar-refractivity contribution in [3.05, 3.63) is 87.7 Å². The molecule has 6 nitrogen and oxygen atoms in total. The fourth-order valence-electron chi connectivity index (χ4n) is 4.02. The van der Waals surface area contributed by atoms with E-state index < -0.39 is 0 Å². The molecule has 0 saturated heterocycles. The van der Waals surface area contributed by atoms with Gasteiger partial charge in [0, 0.05) is 12.6 Å². The first-order chi connectivity index (χ1) is 15.2. The van der Waals surface area contributed by atoms with E-state index >= 15 is 0 Å². The third-order valence-electron chi connectivity index (χ3n) is 5.51. The Labute approximate surface area is 190 Å². The minimum absolute atomic E-state index is 0.0677. The molecule has 32 heavy (non-hydrogen) atoms. The standard InChI is InChI=1S/C24H26FN5OS/c1-5-14-28-21(31)18-8-6-7-9-19(18)30-22(28)27-29(23(30)32)15-26-20(24(2,3)4)16-10-12-17(25)13-11-16/h5-13,20,26H,1,14-15H2,2-4H3. The van der Waals surface area contributed by atoms with Gasteiger partial charge in [0.2, 0.25) is 10.5 Å². The monoisotopic (exact) mass is 451 g/mol. The predicted molar refractivity (Wildman–Crippen MR) is 128 cm³/mol. The van der Waals surface area contributed by atoms with Gasteiger partial charge in [0.25, 0.3) is 5.56 Å². The zero-order valence-corrected chi connectivity index (χ0v) is 19.2. The highest BCUT2D eigenvalue weighted by molar-refractivity contribution is 7.71. The van der Waals surface area contributed by atoms with Crippen molar-refractivity contribution in [2.45, 2.75) is 40.0 Å². The van der Waals surface area contributed by atoms with Gasteiger partial charge in [-0.1, -0.05) is 51.1 Å². The summed E-state index contributed by atoms with van der Waals surface area (Å²) in [6, 6.07) is 13.8. The summed E-state index contributed by atoms with van der Waals surface area (Å²) in [5, 5.41) is 8.76. The lowest BCUT2D eigenvalue weighted by Crippen LogP contribution is -2.34. The van der Waals surface area contributed by atoms with Crippen molar-refractivity contribution in [2.24, 2.45) is 5.41 Å². The molecule has 0 saturated carbocycles. The minimum atomic E-state index is -0.268. The number of fused-ring (bicyclic) bond motifs is 3. The third kappa shape index (κ3) is 3.91. The second-order valence-electron chi connectivity index (χ2n) is 8.85. The molecule has 0 radical (unpaired) electrons. The van der Waals surface area contributed by atoms with Crippen LogP contribution in [0, 0.1) is 16.0 Å². The van der Waals surface area contributed by atoms with E-state index in [-0.39, 0.29) is 22.8 Å². The maximum Gasteiger partial charge on any atom is 0.263 e. The molecule has 0 fully saturated rings. The largest absolute Gasteiger partial charge is 0.291 e. The van der Waals surface area contributed by atoms with E-state index in [1.807, 2.05) is 22.6 Å². The van der Waals surface area contributed by atoms with Crippen molar-refractivity contribution < 1.29 is 4.39 Å². The summed E-state index contributed by atoms with van der Waals surface area (Å²) >= 11 is 5.75. The normalized spacial score (nSPS) is 13.0. The van der Waals surface area contributed by atoms with E-state index in [1.165, 1.54) is 12.1 Å². The molecule has 8 heteroatoms. The summed E-state index contributed by atoms with van der Waals surface area (Å²) in [6.07, 6.45) is 1.67. The van der Waals surface area contributed by atoms with Gasteiger partial charge < -0.3 is 0 Å². The van der Waals surface area contributed by atoms with Crippen molar-refractivity contribution in [3.8, 4) is 0 Å². The average molecular weight is 452 g/mol. The Morgan fingerprint density at radius 2 is 1.88 bits per heavy atom. The van der Waals surface area contributed by atoms with Crippen molar-refractivity contribution >= 4 is 28.9 Å². The molecule has 1 atom stereocenters. The molecule has 0 aliphatic rings. The topological polar surface area (TPSA) is 56.3 Å². The summed E-state index contributed by atoms with van der Waals surface area (Å²) in [7, 11) is 0. The Balaban J connectivity index is 1.80. The number of nitrogens with zero attached hydrogens (tertiary/aromatic N) is 4. The average Bonchev–Trinajstić information content (AvgIpc) is 3.08. The predicted octanol–water partition coefficient (Wildman–Crippen LogP) is 4.84. The first kappa shape index (κ1) is 22.1. The van der Waals surface area contributed by atoms with Gasteiger partial charge in [0.1, 0.15) is 5.82 Å². The number of benzene rings is 2. The van der Waals surface area contributed by atoms with Gasteiger partial charge in [-0.15, -0.1) is 11.7 Å². The molecular weight excluding hydrogens is 425 g/mol. The lowest BCUT2D eigenvalue weighted by Gasteiger charge is -2.32. The molecule has 4 aromatic rings. The van der Waals surface area contributed by atoms with Gasteiger partial charge >= 0.3 is 0 Å². The van der Waals surface area contributed by atoms with E-state index in [9.17, 15) is 9.18 Å². The Morgan fingerprint density at radius 3 is 2.53 bits per heavy atom. The number of para-hydroxylation sites is 1. The van der Waals surface area contributed by atoms with Crippen LogP contribution < -0.4 is 10.9 Å². The van der Waals surface area contributed by atoms with Crippen molar-refractivity contribution in [3.63, 3.8) is 0 Å². The molecule has 166 valence electrons. The molecule has 0 bridgehead atoms. The first-order valence-corrected chi connectivity index (χ1v) is 10.8. The molecular formula is C24H26FN5OS. The number of nitrogens with one attached hydrogen (secondary N) is 1. The zero-order chi connectivity index (χ0) is 23.0. The van der Waals surface area contributed by atoms with Crippen molar-refractivity contribution in [1.29, 1.82) is 0 Å². The number of aromatic nitrogens is 4. The molecule has 2 aromatic carbocycles. The number of halogens is 1. The van der Waals surface area contributed by atoms with Crippen LogP contribution >= 0.6 is 12.2 Å². The zero-order valence-electron chi connectivity index (χ0n) is 18.4. The van der Waals surface area contributed by atoms with Crippen LogP contribution in [0.4, 0.5) is 4.39 Å². The molecule has 0 aliphatic heterocycles. The Kier molecular flexibility index (Phi) is 5.83. The van der Waals surface area contributed by atoms with E-state index in [4.69, 9.17) is 12.2 Å². The van der Waals surface area contributed by atoms with Gasteiger partial charge in [-0.25, -0.2) is 9.07 Å². The SMILES string of the molecule is C=CCn1c(=O)c2ccccc2n2c(=S)n(CNC(c3ccc(F)cc3)C(C)(C)C)nc12. The maximum atomic E-state index is 13.4. The van der Waals surface area contributed by atoms with Crippen LogP contribution in [0.5, 0.6) is 0 Å². The summed E-state index contributed by atoms with van der Waals surface area (Å²) in [6.45, 7) is 10.8.